The molecule has 0 aliphatic rings. The van der Waals surface area contributed by atoms with E-state index in [1.807, 2.05) is 18.6 Å². The fourth-order valence-corrected chi connectivity index (χ4v) is 1.93. The van der Waals surface area contributed by atoms with Crippen molar-refractivity contribution in [3.63, 3.8) is 0 Å². The highest BCUT2D eigenvalue weighted by Crippen LogP contribution is 2.12. The molecule has 2 aromatic heterocycles. The molecule has 4 nitrogen and oxygen atoms in total. The summed E-state index contributed by atoms with van der Waals surface area (Å²) in [6.07, 6.45) is 8.49. The molecular formula is C14H20N4. The van der Waals surface area contributed by atoms with Gasteiger partial charge in [0.15, 0.2) is 0 Å². The highest BCUT2D eigenvalue weighted by molar-refractivity contribution is 5.09. The van der Waals surface area contributed by atoms with Gasteiger partial charge < -0.3 is 4.98 Å². The second-order valence-corrected chi connectivity index (χ2v) is 4.55. The van der Waals surface area contributed by atoms with Gasteiger partial charge >= 0.3 is 0 Å². The zero-order chi connectivity index (χ0) is 12.8. The van der Waals surface area contributed by atoms with Gasteiger partial charge in [-0.2, -0.15) is 0 Å². The van der Waals surface area contributed by atoms with E-state index in [0.29, 0.717) is 6.04 Å². The molecule has 0 radical (unpaired) electrons. The third-order valence-electron chi connectivity index (χ3n) is 3.26. The second-order valence-electron chi connectivity index (χ2n) is 4.55. The van der Waals surface area contributed by atoms with Crippen LogP contribution in [0.5, 0.6) is 0 Å². The molecule has 96 valence electrons. The van der Waals surface area contributed by atoms with Gasteiger partial charge in [-0.05, 0) is 31.0 Å². The first-order chi connectivity index (χ1) is 8.79. The standard InChI is InChI=1S/C14H20N4/c1-3-12(2)18(11-14-16-8-9-17-14)10-13-4-6-15-7-5-13/h4-9,12H,3,10-11H2,1-2H3,(H,16,17)/t12-/m0/s1. The van der Waals surface area contributed by atoms with E-state index >= 15 is 0 Å². The van der Waals surface area contributed by atoms with Crippen molar-refractivity contribution in [3.05, 3.63) is 48.3 Å². The maximum Gasteiger partial charge on any atom is 0.120 e. The molecular weight excluding hydrogens is 224 g/mol. The average molecular weight is 244 g/mol. The lowest BCUT2D eigenvalue weighted by atomic mass is 10.1. The van der Waals surface area contributed by atoms with Crippen molar-refractivity contribution >= 4 is 0 Å². The van der Waals surface area contributed by atoms with Crippen molar-refractivity contribution < 1.29 is 0 Å². The minimum absolute atomic E-state index is 0.531. The van der Waals surface area contributed by atoms with Gasteiger partial charge in [-0.25, -0.2) is 4.98 Å². The lowest BCUT2D eigenvalue weighted by Gasteiger charge is -2.27. The van der Waals surface area contributed by atoms with Gasteiger partial charge in [0.1, 0.15) is 5.82 Å². The summed E-state index contributed by atoms with van der Waals surface area (Å²) >= 11 is 0. The zero-order valence-electron chi connectivity index (χ0n) is 11.0. The summed E-state index contributed by atoms with van der Waals surface area (Å²) in [6.45, 7) is 6.25. The van der Waals surface area contributed by atoms with Crippen LogP contribution >= 0.6 is 0 Å². The molecule has 0 spiro atoms. The van der Waals surface area contributed by atoms with Crippen molar-refractivity contribution in [2.45, 2.75) is 39.4 Å². The lowest BCUT2D eigenvalue weighted by Crippen LogP contribution is -2.32. The number of imidazole rings is 1. The molecule has 0 unspecified atom stereocenters. The van der Waals surface area contributed by atoms with E-state index in [1.165, 1.54) is 5.56 Å². The van der Waals surface area contributed by atoms with Crippen LogP contribution in [0.4, 0.5) is 0 Å². The van der Waals surface area contributed by atoms with Crippen LogP contribution < -0.4 is 0 Å². The summed E-state index contributed by atoms with van der Waals surface area (Å²) < 4.78 is 0. The van der Waals surface area contributed by atoms with E-state index in [4.69, 9.17) is 0 Å². The van der Waals surface area contributed by atoms with Crippen molar-refractivity contribution in [1.29, 1.82) is 0 Å². The lowest BCUT2D eigenvalue weighted by molar-refractivity contribution is 0.182. The Kier molecular flexibility index (Phi) is 4.47. The predicted molar refractivity (Wildman–Crippen MR) is 71.8 cm³/mol. The quantitative estimate of drug-likeness (QED) is 0.849. The highest BCUT2D eigenvalue weighted by Gasteiger charge is 2.14. The Bertz CT molecular complexity index is 438. The van der Waals surface area contributed by atoms with Crippen molar-refractivity contribution in [2.75, 3.05) is 0 Å². The summed E-state index contributed by atoms with van der Waals surface area (Å²) in [7, 11) is 0. The number of H-pyrrole nitrogens is 1. The van der Waals surface area contributed by atoms with E-state index in [0.717, 1.165) is 25.3 Å². The molecule has 0 fully saturated rings. The number of pyridine rings is 1. The number of hydrogen-bond acceptors (Lipinski definition) is 3. The Hall–Kier alpha value is -1.68. The van der Waals surface area contributed by atoms with E-state index < -0.39 is 0 Å². The van der Waals surface area contributed by atoms with Crippen LogP contribution in [0.2, 0.25) is 0 Å². The molecule has 0 aliphatic carbocycles. The van der Waals surface area contributed by atoms with Crippen molar-refractivity contribution in [2.24, 2.45) is 0 Å². The summed E-state index contributed by atoms with van der Waals surface area (Å²) in [5.41, 5.74) is 1.29. The van der Waals surface area contributed by atoms with E-state index in [-0.39, 0.29) is 0 Å². The second kappa shape index (κ2) is 6.31. The zero-order valence-corrected chi connectivity index (χ0v) is 11.0. The van der Waals surface area contributed by atoms with Gasteiger partial charge in [-0.15, -0.1) is 0 Å². The number of aromatic nitrogens is 3. The fourth-order valence-electron chi connectivity index (χ4n) is 1.93. The Labute approximate surface area is 108 Å². The Morgan fingerprint density at radius 2 is 2.00 bits per heavy atom. The molecule has 0 aromatic carbocycles. The molecule has 0 saturated heterocycles. The molecule has 0 aliphatic heterocycles. The molecule has 2 aromatic rings. The van der Waals surface area contributed by atoms with Gasteiger partial charge in [0, 0.05) is 37.4 Å². The minimum atomic E-state index is 0.531. The minimum Gasteiger partial charge on any atom is -0.348 e. The maximum atomic E-state index is 4.30. The average Bonchev–Trinajstić information content (AvgIpc) is 2.91. The molecule has 0 bridgehead atoms. The van der Waals surface area contributed by atoms with Crippen molar-refractivity contribution in [3.8, 4) is 0 Å². The summed E-state index contributed by atoms with van der Waals surface area (Å²) in [5.74, 6) is 1.02. The van der Waals surface area contributed by atoms with E-state index in [1.54, 1.807) is 6.20 Å². The third-order valence-corrected chi connectivity index (χ3v) is 3.26. The van der Waals surface area contributed by atoms with Crippen LogP contribution in [0.25, 0.3) is 0 Å². The number of hydrogen-bond donors (Lipinski definition) is 1. The molecule has 18 heavy (non-hydrogen) atoms. The number of nitrogens with zero attached hydrogens (tertiary/aromatic N) is 3. The van der Waals surface area contributed by atoms with Gasteiger partial charge in [0.25, 0.3) is 0 Å². The molecule has 4 heteroatoms. The molecule has 2 rings (SSSR count). The molecule has 0 amide bonds. The Morgan fingerprint density at radius 3 is 2.61 bits per heavy atom. The van der Waals surface area contributed by atoms with Crippen LogP contribution in [0.3, 0.4) is 0 Å². The third kappa shape index (κ3) is 3.40. The van der Waals surface area contributed by atoms with Gasteiger partial charge in [0.2, 0.25) is 0 Å². The normalized spacial score (nSPS) is 12.8. The predicted octanol–water partition coefficient (Wildman–Crippen LogP) is 2.61. The first-order valence-corrected chi connectivity index (χ1v) is 6.40. The summed E-state index contributed by atoms with van der Waals surface area (Å²) in [5, 5.41) is 0. The maximum absolute atomic E-state index is 4.30. The first-order valence-electron chi connectivity index (χ1n) is 6.40. The molecule has 2 heterocycles. The Balaban J connectivity index is 2.06. The van der Waals surface area contributed by atoms with Crippen LogP contribution in [0.1, 0.15) is 31.7 Å². The first kappa shape index (κ1) is 12.8. The SMILES string of the molecule is CC[C@H](C)N(Cc1ccncc1)Cc1ncc[nH]1. The molecule has 1 atom stereocenters. The number of aromatic amines is 1. The highest BCUT2D eigenvalue weighted by atomic mass is 15.2. The summed E-state index contributed by atoms with van der Waals surface area (Å²) in [4.78, 5) is 14.0. The number of nitrogens with one attached hydrogen (secondary N) is 1. The monoisotopic (exact) mass is 244 g/mol. The van der Waals surface area contributed by atoms with Crippen LogP contribution in [-0.4, -0.2) is 25.9 Å². The topological polar surface area (TPSA) is 44.8 Å². The van der Waals surface area contributed by atoms with Crippen molar-refractivity contribution in [1.82, 2.24) is 19.9 Å². The van der Waals surface area contributed by atoms with Crippen LogP contribution in [-0.2, 0) is 13.1 Å². The van der Waals surface area contributed by atoms with Crippen LogP contribution in [0.15, 0.2) is 36.9 Å². The van der Waals surface area contributed by atoms with E-state index in [9.17, 15) is 0 Å². The van der Waals surface area contributed by atoms with Gasteiger partial charge in [-0.1, -0.05) is 6.92 Å². The van der Waals surface area contributed by atoms with Gasteiger partial charge in [0.05, 0.1) is 6.54 Å². The van der Waals surface area contributed by atoms with Gasteiger partial charge in [-0.3, -0.25) is 9.88 Å². The van der Waals surface area contributed by atoms with Crippen LogP contribution in [0, 0.1) is 0 Å². The summed E-state index contributed by atoms with van der Waals surface area (Å²) in [6, 6.07) is 4.66. The molecule has 0 saturated carbocycles. The molecule has 1 N–H and O–H groups in total. The fraction of sp³-hybridized carbons (Fsp3) is 0.429. The largest absolute Gasteiger partial charge is 0.348 e. The smallest absolute Gasteiger partial charge is 0.120 e. The van der Waals surface area contributed by atoms with E-state index in [2.05, 4.69) is 45.8 Å². The Morgan fingerprint density at radius 1 is 1.22 bits per heavy atom. The number of rotatable bonds is 6.